The molecule has 0 saturated carbocycles. The second-order valence-corrected chi connectivity index (χ2v) is 9.25. The van der Waals surface area contributed by atoms with Crippen LogP contribution in [0.1, 0.15) is 22.3 Å². The van der Waals surface area contributed by atoms with Crippen LogP contribution in [0, 0.1) is 27.7 Å². The van der Waals surface area contributed by atoms with Crippen molar-refractivity contribution >= 4 is 42.7 Å². The van der Waals surface area contributed by atoms with Crippen molar-refractivity contribution in [2.24, 2.45) is 0 Å². The predicted molar refractivity (Wildman–Crippen MR) is 130 cm³/mol. The number of aryl methyl sites for hydroxylation is 4. The summed E-state index contributed by atoms with van der Waals surface area (Å²) in [5, 5.41) is 27.4. The summed E-state index contributed by atoms with van der Waals surface area (Å²) in [5.74, 6) is 0. The molecule has 0 fully saturated rings. The molecule has 0 aliphatic rings. The predicted octanol–water partition coefficient (Wildman–Crippen LogP) is 1.50. The lowest BCUT2D eigenvalue weighted by molar-refractivity contribution is 0.261. The van der Waals surface area contributed by atoms with Crippen LogP contribution in [0.3, 0.4) is 0 Å². The first kappa shape index (κ1) is 25.6. The molecule has 0 spiro atoms. The molecule has 0 amide bonds. The molecule has 0 aliphatic carbocycles. The van der Waals surface area contributed by atoms with Crippen LogP contribution in [0.4, 0.5) is 11.4 Å². The number of hydrogen-bond acceptors (Lipinski definition) is 8. The van der Waals surface area contributed by atoms with E-state index >= 15 is 0 Å². The van der Waals surface area contributed by atoms with E-state index in [1.54, 1.807) is 0 Å². The van der Waals surface area contributed by atoms with E-state index in [1.807, 2.05) is 52.0 Å². The van der Waals surface area contributed by atoms with E-state index < -0.39 is 32.8 Å². The van der Waals surface area contributed by atoms with Gasteiger partial charge in [-0.2, -0.15) is 16.8 Å². The minimum Gasteiger partial charge on any atom is -0.386 e. The van der Waals surface area contributed by atoms with Gasteiger partial charge in [0.15, 0.2) is 0 Å². The molecule has 4 N–H and O–H groups in total. The van der Waals surface area contributed by atoms with Crippen molar-refractivity contribution < 1.29 is 27.0 Å². The molecule has 2 atom stereocenters. The van der Waals surface area contributed by atoms with Crippen molar-refractivity contribution in [3.8, 4) is 11.1 Å². The molecule has 0 saturated heterocycles. The van der Waals surface area contributed by atoms with Crippen molar-refractivity contribution in [3.63, 3.8) is 0 Å². The van der Waals surface area contributed by atoms with Crippen LogP contribution in [0.2, 0.25) is 0 Å². The highest BCUT2D eigenvalue weighted by atomic mass is 32.2. The van der Waals surface area contributed by atoms with Gasteiger partial charge in [0.05, 0.1) is 10.7 Å². The smallest absolute Gasteiger partial charge is 0.212 e. The Bertz CT molecular complexity index is 1110. The van der Waals surface area contributed by atoms with Crippen LogP contribution >= 0.6 is 0 Å². The monoisotopic (exact) mass is 480 g/mol. The highest BCUT2D eigenvalue weighted by Gasteiger charge is 2.12. The molecule has 0 aliphatic heterocycles. The number of benzene rings is 2. The molecule has 0 aromatic heterocycles. The maximum Gasteiger partial charge on any atom is 0.212 e. The third-order valence-electron chi connectivity index (χ3n) is 4.91. The van der Waals surface area contributed by atoms with Crippen molar-refractivity contribution in [2.45, 2.75) is 39.9 Å². The van der Waals surface area contributed by atoms with Gasteiger partial charge in [-0.15, -0.1) is 0 Å². The summed E-state index contributed by atoms with van der Waals surface area (Å²) in [6.07, 6.45) is -2.22. The minimum atomic E-state index is -2.42. The van der Waals surface area contributed by atoms with Gasteiger partial charge < -0.3 is 20.8 Å². The highest BCUT2D eigenvalue weighted by molar-refractivity contribution is 7.71. The zero-order chi connectivity index (χ0) is 24.0. The zero-order valence-electron chi connectivity index (χ0n) is 18.4. The summed E-state index contributed by atoms with van der Waals surface area (Å²) in [5.41, 5.74) is 7.51. The van der Waals surface area contributed by atoms with E-state index in [4.69, 9.17) is 0 Å². The molecule has 10 heteroatoms. The third-order valence-corrected chi connectivity index (χ3v) is 5.98. The average molecular weight is 481 g/mol. The quantitative estimate of drug-likeness (QED) is 0.397. The topological polar surface area (TPSA) is 133 Å². The van der Waals surface area contributed by atoms with E-state index in [-0.39, 0.29) is 13.1 Å². The van der Waals surface area contributed by atoms with Crippen LogP contribution in [0.5, 0.6) is 0 Å². The molecule has 8 nitrogen and oxygen atoms in total. The van der Waals surface area contributed by atoms with Crippen LogP contribution < -0.4 is 10.6 Å². The van der Waals surface area contributed by atoms with Gasteiger partial charge in [-0.1, -0.05) is 0 Å². The van der Waals surface area contributed by atoms with Crippen molar-refractivity contribution in [1.82, 2.24) is 0 Å². The number of aliphatic hydroxyl groups excluding tert-OH is 2. The van der Waals surface area contributed by atoms with Crippen molar-refractivity contribution in [1.29, 1.82) is 0 Å². The molecular weight excluding hydrogens is 452 g/mol. The zero-order valence-corrected chi connectivity index (χ0v) is 20.0. The van der Waals surface area contributed by atoms with E-state index in [1.165, 1.54) is 0 Å². The Balaban J connectivity index is 2.26. The molecule has 0 bridgehead atoms. The second-order valence-electron chi connectivity index (χ2n) is 7.66. The lowest BCUT2D eigenvalue weighted by Crippen LogP contribution is -2.22. The molecule has 2 aromatic carbocycles. The Morgan fingerprint density at radius 3 is 1.22 bits per heavy atom. The van der Waals surface area contributed by atoms with Crippen LogP contribution in [-0.2, 0) is 20.6 Å². The van der Waals surface area contributed by atoms with Gasteiger partial charge in [-0.25, -0.2) is 0 Å². The van der Waals surface area contributed by atoms with Gasteiger partial charge in [0.2, 0.25) is 20.6 Å². The van der Waals surface area contributed by atoms with Gasteiger partial charge in [0, 0.05) is 24.5 Å². The molecule has 2 aromatic rings. The number of hydrogen-bond donors (Lipinski definition) is 4. The number of aliphatic hydroxyl groups is 2. The Labute approximate surface area is 191 Å². The van der Waals surface area contributed by atoms with Crippen LogP contribution in [0.15, 0.2) is 24.3 Å². The number of nitrogens with one attached hydrogen (secondary N) is 2. The van der Waals surface area contributed by atoms with Gasteiger partial charge in [-0.3, -0.25) is 0 Å². The molecule has 0 radical (unpaired) electrons. The lowest BCUT2D eigenvalue weighted by Gasteiger charge is -2.18. The summed E-state index contributed by atoms with van der Waals surface area (Å²) in [4.78, 5) is 0. The number of anilines is 2. The summed E-state index contributed by atoms with van der Waals surface area (Å²) < 4.78 is 42.7. The first-order valence-electron chi connectivity index (χ1n) is 9.90. The van der Waals surface area contributed by atoms with Gasteiger partial charge in [0.25, 0.3) is 0 Å². The first-order valence-corrected chi connectivity index (χ1v) is 12.2. The fraction of sp³-hybridized carbons (Fsp3) is 0.364. The van der Waals surface area contributed by atoms with Crippen LogP contribution in [-0.4, -0.2) is 63.1 Å². The molecule has 174 valence electrons. The average Bonchev–Trinajstić information content (AvgIpc) is 2.65. The maximum atomic E-state index is 10.7. The summed E-state index contributed by atoms with van der Waals surface area (Å²) in [6.45, 7) is 7.91. The fourth-order valence-corrected chi connectivity index (χ4v) is 4.29. The molecule has 2 rings (SSSR count). The molecule has 2 unspecified atom stereocenters. The van der Waals surface area contributed by atoms with Gasteiger partial charge in [-0.05, 0) is 85.3 Å². The van der Waals surface area contributed by atoms with E-state index in [9.17, 15) is 27.0 Å². The van der Waals surface area contributed by atoms with E-state index in [2.05, 4.69) is 10.6 Å². The fourth-order valence-electron chi connectivity index (χ4n) is 3.58. The van der Waals surface area contributed by atoms with Crippen molar-refractivity contribution in [2.75, 3.05) is 23.7 Å². The first-order chi connectivity index (χ1) is 15.0. The van der Waals surface area contributed by atoms with Gasteiger partial charge >= 0.3 is 0 Å². The van der Waals surface area contributed by atoms with Crippen LogP contribution in [0.25, 0.3) is 11.1 Å². The van der Waals surface area contributed by atoms with Gasteiger partial charge in [0.1, 0.15) is 12.2 Å². The Morgan fingerprint density at radius 1 is 0.688 bits per heavy atom. The molecule has 0 heterocycles. The highest BCUT2D eigenvalue weighted by Crippen LogP contribution is 2.32. The Kier molecular flexibility index (Phi) is 9.02. The molecular formula is C22H28N2O6S2. The Morgan fingerprint density at radius 2 is 0.969 bits per heavy atom. The second kappa shape index (κ2) is 11.3. The SMILES string of the molecule is Cc1cc(-c2cc(C)c(NCC(O)C=S(=O)=O)c(C)c2)cc(C)c1NCC(O)C=S(=O)=O. The summed E-state index contributed by atoms with van der Waals surface area (Å²) in [7, 11) is -4.84. The third kappa shape index (κ3) is 7.20. The standard InChI is InChI=1S/C22H28N2O6S2/c1-13-5-17(6-14(2)21(13)23-9-19(25)11-31(27)28)18-7-15(3)22(16(4)8-18)24-10-20(26)12-32(29)30/h5-8,11-12,19-20,23-26H,9-10H2,1-4H3. The lowest BCUT2D eigenvalue weighted by atomic mass is 9.95. The van der Waals surface area contributed by atoms with Crippen molar-refractivity contribution in [3.05, 3.63) is 46.5 Å². The minimum absolute atomic E-state index is 0.0802. The van der Waals surface area contributed by atoms with E-state index in [0.29, 0.717) is 0 Å². The maximum absolute atomic E-state index is 10.7. The molecule has 32 heavy (non-hydrogen) atoms. The largest absolute Gasteiger partial charge is 0.386 e. The normalized spacial score (nSPS) is 12.6. The number of rotatable bonds is 9. The Hall–Kier alpha value is -2.66. The van der Waals surface area contributed by atoms with E-state index in [0.717, 1.165) is 55.5 Å². The summed E-state index contributed by atoms with van der Waals surface area (Å²) in [6, 6.07) is 8.06. The summed E-state index contributed by atoms with van der Waals surface area (Å²) >= 11 is 0.